The average molecular weight is 262 g/mol. The maximum atomic E-state index is 4.50. The molecule has 2 saturated heterocycles. The van der Waals surface area contributed by atoms with Gasteiger partial charge in [-0.1, -0.05) is 0 Å². The number of rotatable bonds is 3. The normalized spacial score (nSPS) is 30.1. The highest BCUT2D eigenvalue weighted by molar-refractivity contribution is 5.20. The summed E-state index contributed by atoms with van der Waals surface area (Å²) in [6, 6.07) is 1.92. The predicted octanol–water partition coefficient (Wildman–Crippen LogP) is 2.01. The van der Waals surface area contributed by atoms with Gasteiger partial charge in [-0.2, -0.15) is 5.10 Å². The van der Waals surface area contributed by atoms with E-state index >= 15 is 0 Å². The van der Waals surface area contributed by atoms with E-state index in [9.17, 15) is 0 Å². The first-order chi connectivity index (χ1) is 9.16. The fraction of sp³-hybridized carbons (Fsp3) is 0.800. The third kappa shape index (κ3) is 2.43. The van der Waals surface area contributed by atoms with Crippen molar-refractivity contribution in [3.05, 3.63) is 17.5 Å². The Balaban J connectivity index is 1.78. The summed E-state index contributed by atoms with van der Waals surface area (Å²) in [5.74, 6) is 0. The summed E-state index contributed by atoms with van der Waals surface area (Å²) in [6.45, 7) is 6.91. The van der Waals surface area contributed by atoms with Crippen molar-refractivity contribution in [1.82, 2.24) is 20.0 Å². The number of hydrogen-bond donors (Lipinski definition) is 1. The van der Waals surface area contributed by atoms with E-state index in [0.29, 0.717) is 12.1 Å². The van der Waals surface area contributed by atoms with Gasteiger partial charge in [-0.25, -0.2) is 0 Å². The van der Waals surface area contributed by atoms with Crippen molar-refractivity contribution in [2.24, 2.45) is 7.05 Å². The van der Waals surface area contributed by atoms with E-state index in [2.05, 4.69) is 35.4 Å². The SMILES string of the molecule is Cc1nn(C)cc1C(C)N1CCCC1C1CCCN1. The van der Waals surface area contributed by atoms with Crippen LogP contribution in [0.2, 0.25) is 0 Å². The number of hydrogen-bond acceptors (Lipinski definition) is 3. The van der Waals surface area contributed by atoms with Crippen LogP contribution in [0.1, 0.15) is 49.9 Å². The zero-order valence-electron chi connectivity index (χ0n) is 12.4. The van der Waals surface area contributed by atoms with E-state index in [1.807, 2.05) is 11.7 Å². The molecule has 1 aromatic heterocycles. The third-order valence-electron chi connectivity index (χ3n) is 4.90. The largest absolute Gasteiger partial charge is 0.312 e. The standard InChI is InChI=1S/C15H26N4/c1-11-13(10-18(3)17-11)12(2)19-9-5-7-15(19)14-6-4-8-16-14/h10,12,14-16H,4-9H2,1-3H3. The summed E-state index contributed by atoms with van der Waals surface area (Å²) < 4.78 is 1.94. The summed E-state index contributed by atoms with van der Waals surface area (Å²) in [6.07, 6.45) is 7.57. The second kappa shape index (κ2) is 5.25. The minimum atomic E-state index is 0.489. The van der Waals surface area contributed by atoms with Gasteiger partial charge in [0.1, 0.15) is 0 Å². The summed E-state index contributed by atoms with van der Waals surface area (Å²) >= 11 is 0. The molecular weight excluding hydrogens is 236 g/mol. The smallest absolute Gasteiger partial charge is 0.0641 e. The molecule has 106 valence electrons. The van der Waals surface area contributed by atoms with Gasteiger partial charge in [-0.15, -0.1) is 0 Å². The van der Waals surface area contributed by atoms with Crippen molar-refractivity contribution in [2.75, 3.05) is 13.1 Å². The first-order valence-corrected chi connectivity index (χ1v) is 7.66. The lowest BCUT2D eigenvalue weighted by molar-refractivity contribution is 0.163. The van der Waals surface area contributed by atoms with Gasteiger partial charge in [0.25, 0.3) is 0 Å². The minimum Gasteiger partial charge on any atom is -0.312 e. The number of likely N-dealkylation sites (tertiary alicyclic amines) is 1. The highest BCUT2D eigenvalue weighted by Crippen LogP contribution is 2.33. The lowest BCUT2D eigenvalue weighted by Gasteiger charge is -2.34. The van der Waals surface area contributed by atoms with Crippen LogP contribution in [0, 0.1) is 6.92 Å². The summed E-state index contributed by atoms with van der Waals surface area (Å²) in [4.78, 5) is 2.70. The van der Waals surface area contributed by atoms with E-state index in [1.54, 1.807) is 0 Å². The van der Waals surface area contributed by atoms with Crippen LogP contribution in [0.3, 0.4) is 0 Å². The second-order valence-electron chi connectivity index (χ2n) is 6.17. The Bertz CT molecular complexity index is 433. The number of aromatic nitrogens is 2. The number of nitrogens with zero attached hydrogens (tertiary/aromatic N) is 3. The second-order valence-corrected chi connectivity index (χ2v) is 6.17. The first kappa shape index (κ1) is 13.1. The quantitative estimate of drug-likeness (QED) is 0.904. The van der Waals surface area contributed by atoms with Gasteiger partial charge in [0.2, 0.25) is 0 Å². The molecule has 3 atom stereocenters. The molecule has 0 radical (unpaired) electrons. The lowest BCUT2D eigenvalue weighted by atomic mass is 10.0. The summed E-state index contributed by atoms with van der Waals surface area (Å²) in [5.41, 5.74) is 2.58. The van der Waals surface area contributed by atoms with Crippen LogP contribution >= 0.6 is 0 Å². The van der Waals surface area contributed by atoms with Gasteiger partial charge in [0.05, 0.1) is 5.69 Å². The van der Waals surface area contributed by atoms with E-state index in [-0.39, 0.29) is 0 Å². The highest BCUT2D eigenvalue weighted by atomic mass is 15.3. The molecule has 2 aliphatic heterocycles. The zero-order valence-corrected chi connectivity index (χ0v) is 12.4. The van der Waals surface area contributed by atoms with Gasteiger partial charge in [0, 0.05) is 36.9 Å². The van der Waals surface area contributed by atoms with Crippen LogP contribution in [-0.4, -0.2) is 39.9 Å². The van der Waals surface area contributed by atoms with Gasteiger partial charge in [0.15, 0.2) is 0 Å². The van der Waals surface area contributed by atoms with Crippen LogP contribution in [-0.2, 0) is 7.05 Å². The molecule has 4 heteroatoms. The summed E-state index contributed by atoms with van der Waals surface area (Å²) in [5, 5.41) is 8.19. The topological polar surface area (TPSA) is 33.1 Å². The molecule has 3 rings (SSSR count). The molecule has 0 aliphatic carbocycles. The van der Waals surface area contributed by atoms with Crippen molar-refractivity contribution in [3.63, 3.8) is 0 Å². The lowest BCUT2D eigenvalue weighted by Crippen LogP contribution is -2.44. The third-order valence-corrected chi connectivity index (χ3v) is 4.90. The number of aryl methyl sites for hydroxylation is 2. The molecule has 2 fully saturated rings. The Morgan fingerprint density at radius 2 is 2.21 bits per heavy atom. The Morgan fingerprint density at radius 1 is 1.37 bits per heavy atom. The fourth-order valence-corrected chi connectivity index (χ4v) is 3.97. The molecule has 1 aromatic rings. The molecule has 0 amide bonds. The van der Waals surface area contributed by atoms with E-state index in [0.717, 1.165) is 6.04 Å². The van der Waals surface area contributed by atoms with Crippen LogP contribution < -0.4 is 5.32 Å². The summed E-state index contributed by atoms with van der Waals surface area (Å²) in [7, 11) is 2.02. The van der Waals surface area contributed by atoms with Gasteiger partial charge < -0.3 is 5.32 Å². The van der Waals surface area contributed by atoms with Crippen LogP contribution in [0.15, 0.2) is 6.20 Å². The zero-order chi connectivity index (χ0) is 13.4. The molecule has 0 aromatic carbocycles. The van der Waals surface area contributed by atoms with Crippen LogP contribution in [0.4, 0.5) is 0 Å². The van der Waals surface area contributed by atoms with Crippen molar-refractivity contribution in [1.29, 1.82) is 0 Å². The molecular formula is C15H26N4. The van der Waals surface area contributed by atoms with Crippen LogP contribution in [0.25, 0.3) is 0 Å². The predicted molar refractivity (Wildman–Crippen MR) is 77.1 cm³/mol. The maximum absolute atomic E-state index is 4.50. The van der Waals surface area contributed by atoms with Gasteiger partial charge in [-0.05, 0) is 52.6 Å². The van der Waals surface area contributed by atoms with E-state index in [4.69, 9.17) is 0 Å². The van der Waals surface area contributed by atoms with Crippen molar-refractivity contribution < 1.29 is 0 Å². The molecule has 0 bridgehead atoms. The van der Waals surface area contributed by atoms with Gasteiger partial charge >= 0.3 is 0 Å². The molecule has 1 N–H and O–H groups in total. The highest BCUT2D eigenvalue weighted by Gasteiger charge is 2.36. The van der Waals surface area contributed by atoms with E-state index in [1.165, 1.54) is 50.0 Å². The average Bonchev–Trinajstić information content (AvgIpc) is 3.06. The number of nitrogens with one attached hydrogen (secondary N) is 1. The van der Waals surface area contributed by atoms with Crippen molar-refractivity contribution in [3.8, 4) is 0 Å². The first-order valence-electron chi connectivity index (χ1n) is 7.66. The molecule has 3 unspecified atom stereocenters. The Kier molecular flexibility index (Phi) is 3.63. The van der Waals surface area contributed by atoms with Crippen molar-refractivity contribution >= 4 is 0 Å². The maximum Gasteiger partial charge on any atom is 0.0641 e. The molecule has 3 heterocycles. The van der Waals surface area contributed by atoms with Crippen molar-refractivity contribution in [2.45, 2.75) is 57.7 Å². The Labute approximate surface area is 116 Å². The van der Waals surface area contributed by atoms with Crippen LogP contribution in [0.5, 0.6) is 0 Å². The van der Waals surface area contributed by atoms with Gasteiger partial charge in [-0.3, -0.25) is 9.58 Å². The Hall–Kier alpha value is -0.870. The fourth-order valence-electron chi connectivity index (χ4n) is 3.97. The molecule has 2 aliphatic rings. The molecule has 0 saturated carbocycles. The molecule has 4 nitrogen and oxygen atoms in total. The molecule has 19 heavy (non-hydrogen) atoms. The Morgan fingerprint density at radius 3 is 2.84 bits per heavy atom. The minimum absolute atomic E-state index is 0.489. The van der Waals surface area contributed by atoms with E-state index < -0.39 is 0 Å². The monoisotopic (exact) mass is 262 g/mol. The molecule has 0 spiro atoms.